The van der Waals surface area contributed by atoms with Gasteiger partial charge in [0.1, 0.15) is 12.4 Å². The van der Waals surface area contributed by atoms with Crippen LogP contribution in [-0.2, 0) is 21.1 Å². The van der Waals surface area contributed by atoms with Crippen molar-refractivity contribution >= 4 is 6.08 Å². The summed E-state index contributed by atoms with van der Waals surface area (Å²) >= 11 is 0. The van der Waals surface area contributed by atoms with Crippen LogP contribution >= 0.6 is 0 Å². The quantitative estimate of drug-likeness (QED) is 0.712. The molecule has 12 heavy (non-hydrogen) atoms. The molecule has 0 radical (unpaired) electrons. The van der Waals surface area contributed by atoms with Gasteiger partial charge in [-0.2, -0.15) is 0 Å². The minimum absolute atomic E-state index is 0. The van der Waals surface area contributed by atoms with E-state index >= 15 is 0 Å². The van der Waals surface area contributed by atoms with E-state index in [1.807, 2.05) is 30.3 Å². The van der Waals surface area contributed by atoms with Crippen molar-refractivity contribution in [1.82, 2.24) is 6.15 Å². The van der Waals surface area contributed by atoms with Gasteiger partial charge in [-0.1, -0.05) is 24.3 Å². The van der Waals surface area contributed by atoms with Gasteiger partial charge in [0.15, 0.2) is 0 Å². The van der Waals surface area contributed by atoms with Crippen LogP contribution in [0, 0.1) is 0 Å². The van der Waals surface area contributed by atoms with Gasteiger partial charge in [0.25, 0.3) is 0 Å². The molecule has 1 aliphatic rings. The zero-order valence-electron chi connectivity index (χ0n) is 6.69. The average molecular weight is 245 g/mol. The zero-order chi connectivity index (χ0) is 6.81. The predicted molar refractivity (Wildman–Crippen MR) is 46.0 cm³/mol. The number of fused-ring (bicyclic) bond motifs is 1. The Morgan fingerprint density at radius 3 is 2.67 bits per heavy atom. The summed E-state index contributed by atoms with van der Waals surface area (Å²) in [5, 5.41) is 0. The summed E-state index contributed by atoms with van der Waals surface area (Å²) in [6.07, 6.45) is 4.10. The number of rotatable bonds is 0. The second-order valence-corrected chi connectivity index (χ2v) is 2.25. The monoisotopic (exact) mass is 247 g/mol. The maximum atomic E-state index is 5.34. The first-order chi connectivity index (χ1) is 4.97. The largest absolute Gasteiger partial charge is 0.489 e. The molecule has 0 saturated carbocycles. The summed E-state index contributed by atoms with van der Waals surface area (Å²) in [4.78, 5) is 0. The summed E-state index contributed by atoms with van der Waals surface area (Å²) < 4.78 is 5.34. The van der Waals surface area contributed by atoms with Gasteiger partial charge >= 0.3 is 0 Å². The minimum atomic E-state index is 0. The van der Waals surface area contributed by atoms with Crippen molar-refractivity contribution in [1.29, 1.82) is 0 Å². The molecule has 2 nitrogen and oxygen atoms in total. The smallest absolute Gasteiger partial charge is 0.126 e. The maximum absolute atomic E-state index is 5.34. The topological polar surface area (TPSA) is 44.2 Å². The Kier molecular flexibility index (Phi) is 4.87. The van der Waals surface area contributed by atoms with E-state index in [1.165, 1.54) is 5.56 Å². The summed E-state index contributed by atoms with van der Waals surface area (Å²) in [6.45, 7) is 0.705. The van der Waals surface area contributed by atoms with Crippen molar-refractivity contribution in [3.8, 4) is 5.75 Å². The van der Waals surface area contributed by atoms with Crippen molar-refractivity contribution in [2.75, 3.05) is 6.61 Å². The Bertz CT molecular complexity index is 273. The first-order valence-electron chi connectivity index (χ1n) is 3.35. The Morgan fingerprint density at radius 2 is 1.92 bits per heavy atom. The van der Waals surface area contributed by atoms with Crippen molar-refractivity contribution in [3.05, 3.63) is 35.9 Å². The van der Waals surface area contributed by atoms with Crippen molar-refractivity contribution in [2.45, 2.75) is 0 Å². The van der Waals surface area contributed by atoms with E-state index < -0.39 is 0 Å². The molecular weight excluding hydrogens is 234 g/mol. The van der Waals surface area contributed by atoms with Gasteiger partial charge in [0.05, 0.1) is 0 Å². The standard InChI is InChI=1S/C9H8O.Mo.H3N/c1-2-6-9-8(4-1)5-3-7-10-9;;/h1-6H,7H2;;1H3. The van der Waals surface area contributed by atoms with Crippen molar-refractivity contribution < 1.29 is 25.8 Å². The van der Waals surface area contributed by atoms with Crippen molar-refractivity contribution in [2.24, 2.45) is 0 Å². The molecular formula is C9H11MoNO. The van der Waals surface area contributed by atoms with E-state index in [-0.39, 0.29) is 27.2 Å². The van der Waals surface area contributed by atoms with Crippen LogP contribution in [0.3, 0.4) is 0 Å². The van der Waals surface area contributed by atoms with E-state index in [4.69, 9.17) is 4.74 Å². The van der Waals surface area contributed by atoms with Gasteiger partial charge in [-0.3, -0.25) is 0 Å². The molecule has 0 saturated heterocycles. The fourth-order valence-electron chi connectivity index (χ4n) is 1.06. The van der Waals surface area contributed by atoms with E-state index in [1.54, 1.807) is 0 Å². The first-order valence-corrected chi connectivity index (χ1v) is 3.35. The van der Waals surface area contributed by atoms with Crippen LogP contribution in [-0.4, -0.2) is 6.61 Å². The fraction of sp³-hybridized carbons (Fsp3) is 0.111. The van der Waals surface area contributed by atoms with Crippen LogP contribution in [0.4, 0.5) is 0 Å². The Morgan fingerprint density at radius 1 is 1.17 bits per heavy atom. The van der Waals surface area contributed by atoms with Crippen LogP contribution in [0.1, 0.15) is 5.56 Å². The van der Waals surface area contributed by atoms with Crippen molar-refractivity contribution in [3.63, 3.8) is 0 Å². The van der Waals surface area contributed by atoms with Gasteiger partial charge in [-0.25, -0.2) is 0 Å². The molecule has 1 aromatic carbocycles. The van der Waals surface area contributed by atoms with Gasteiger partial charge < -0.3 is 10.9 Å². The Balaban J connectivity index is 0.000000605. The molecule has 0 atom stereocenters. The minimum Gasteiger partial charge on any atom is -0.489 e. The van der Waals surface area contributed by atoms with Gasteiger partial charge in [0.2, 0.25) is 0 Å². The maximum Gasteiger partial charge on any atom is 0.126 e. The summed E-state index contributed by atoms with van der Waals surface area (Å²) in [6, 6.07) is 8.03. The number of hydrogen-bond acceptors (Lipinski definition) is 2. The molecule has 1 aliphatic heterocycles. The van der Waals surface area contributed by atoms with Crippen LogP contribution in [0.25, 0.3) is 6.08 Å². The van der Waals surface area contributed by atoms with Crippen LogP contribution in [0.15, 0.2) is 30.3 Å². The summed E-state index contributed by atoms with van der Waals surface area (Å²) in [5.74, 6) is 0.991. The third-order valence-corrected chi connectivity index (χ3v) is 1.55. The first kappa shape index (κ1) is 11.4. The third kappa shape index (κ3) is 2.19. The fourth-order valence-corrected chi connectivity index (χ4v) is 1.06. The number of para-hydroxylation sites is 1. The number of benzene rings is 1. The Labute approximate surface area is 86.5 Å². The second kappa shape index (κ2) is 5.12. The molecule has 0 amide bonds. The number of ether oxygens (including phenoxy) is 1. The molecule has 0 fully saturated rings. The van der Waals surface area contributed by atoms with Gasteiger partial charge in [0, 0.05) is 26.6 Å². The van der Waals surface area contributed by atoms with E-state index in [2.05, 4.69) is 6.08 Å². The Hall–Kier alpha value is -0.592. The molecule has 1 aromatic rings. The number of hydrogen-bond donors (Lipinski definition) is 1. The van der Waals surface area contributed by atoms with Gasteiger partial charge in [-0.05, 0) is 12.1 Å². The normalized spacial score (nSPS) is 11.7. The van der Waals surface area contributed by atoms with Gasteiger partial charge in [-0.15, -0.1) is 0 Å². The molecule has 1 heterocycles. The molecule has 0 aliphatic carbocycles. The summed E-state index contributed by atoms with van der Waals surface area (Å²) in [7, 11) is 0. The SMILES string of the molecule is C1=Cc2ccccc2OC1.N.[Mo]. The average Bonchev–Trinajstić information content (AvgIpc) is 2.05. The molecule has 0 aromatic heterocycles. The molecule has 64 valence electrons. The van der Waals surface area contributed by atoms with Crippen LogP contribution < -0.4 is 10.9 Å². The molecule has 3 heteroatoms. The van der Waals surface area contributed by atoms with E-state index in [0.29, 0.717) is 6.61 Å². The zero-order valence-corrected chi connectivity index (χ0v) is 8.70. The molecule has 3 N–H and O–H groups in total. The third-order valence-electron chi connectivity index (χ3n) is 1.55. The van der Waals surface area contributed by atoms with Crippen LogP contribution in [0.2, 0.25) is 0 Å². The summed E-state index contributed by atoms with van der Waals surface area (Å²) in [5.41, 5.74) is 1.17. The molecule has 0 bridgehead atoms. The predicted octanol–water partition coefficient (Wildman–Crippen LogP) is 2.25. The molecule has 2 rings (SSSR count). The molecule has 0 spiro atoms. The second-order valence-electron chi connectivity index (χ2n) is 2.25. The van der Waals surface area contributed by atoms with E-state index in [0.717, 1.165) is 5.75 Å². The van der Waals surface area contributed by atoms with E-state index in [9.17, 15) is 0 Å². The molecule has 0 unspecified atom stereocenters. The van der Waals surface area contributed by atoms with Crippen LogP contribution in [0.5, 0.6) is 5.75 Å².